The Morgan fingerprint density at radius 3 is 2.71 bits per heavy atom. The number of rotatable bonds is 6. The van der Waals surface area contributed by atoms with Gasteiger partial charge in [-0.2, -0.15) is 0 Å². The minimum atomic E-state index is -0.226. The molecule has 8 heteroatoms. The van der Waals surface area contributed by atoms with E-state index in [4.69, 9.17) is 4.74 Å². The van der Waals surface area contributed by atoms with Crippen LogP contribution >= 0.6 is 0 Å². The molecule has 5 heterocycles. The smallest absolute Gasteiger partial charge is 0.147 e. The van der Waals surface area contributed by atoms with Crippen molar-refractivity contribution < 1.29 is 9.13 Å². The summed E-state index contributed by atoms with van der Waals surface area (Å²) in [4.78, 5) is 14.3. The van der Waals surface area contributed by atoms with E-state index in [1.165, 1.54) is 57.5 Å². The van der Waals surface area contributed by atoms with Crippen LogP contribution in [0.4, 0.5) is 10.2 Å². The Kier molecular flexibility index (Phi) is 6.20. The Labute approximate surface area is 206 Å². The lowest BCUT2D eigenvalue weighted by Gasteiger charge is -2.45. The van der Waals surface area contributed by atoms with Gasteiger partial charge in [-0.15, -0.1) is 0 Å². The van der Waals surface area contributed by atoms with Gasteiger partial charge in [-0.05, 0) is 89.0 Å². The standard InChI is InChI=1S/C27H35FN6O/c1-32-15-11-27(12-16-32)10-2-13-33(27)18-22-7-8-24(35-22)34-14-9-23-25(30-19-31-26(23)34)29-17-20-3-5-21(28)6-4-20/h3-6,9,14,19,22,24H,2,7-8,10-13,15-18H2,1H3,(H,29,30,31). The highest BCUT2D eigenvalue weighted by Crippen LogP contribution is 2.40. The van der Waals surface area contributed by atoms with Gasteiger partial charge in [0.05, 0.1) is 11.5 Å². The predicted molar refractivity (Wildman–Crippen MR) is 135 cm³/mol. The van der Waals surface area contributed by atoms with E-state index in [1.54, 1.807) is 18.5 Å². The van der Waals surface area contributed by atoms with Crippen molar-refractivity contribution in [1.82, 2.24) is 24.3 Å². The van der Waals surface area contributed by atoms with Crippen LogP contribution in [0.15, 0.2) is 42.9 Å². The first kappa shape index (κ1) is 22.9. The molecule has 7 nitrogen and oxygen atoms in total. The number of likely N-dealkylation sites (tertiary alicyclic amines) is 2. The molecule has 0 amide bonds. The Bertz CT molecular complexity index is 1160. The highest BCUT2D eigenvalue weighted by atomic mass is 19.1. The molecule has 3 fully saturated rings. The number of hydrogen-bond acceptors (Lipinski definition) is 6. The molecule has 3 saturated heterocycles. The molecule has 0 bridgehead atoms. The molecule has 6 rings (SSSR count). The van der Waals surface area contributed by atoms with Crippen LogP contribution in [0.1, 0.15) is 50.3 Å². The quantitative estimate of drug-likeness (QED) is 0.566. The number of hydrogen-bond donors (Lipinski definition) is 1. The lowest BCUT2D eigenvalue weighted by molar-refractivity contribution is -0.0323. The van der Waals surface area contributed by atoms with Crippen molar-refractivity contribution in [2.75, 3.05) is 38.5 Å². The van der Waals surface area contributed by atoms with Crippen molar-refractivity contribution in [2.45, 2.75) is 62.9 Å². The molecule has 35 heavy (non-hydrogen) atoms. The molecule has 0 saturated carbocycles. The number of benzene rings is 1. The van der Waals surface area contributed by atoms with Crippen LogP contribution in [-0.2, 0) is 11.3 Å². The summed E-state index contributed by atoms with van der Waals surface area (Å²) in [5, 5.41) is 4.36. The van der Waals surface area contributed by atoms with E-state index in [2.05, 4.69) is 49.0 Å². The van der Waals surface area contributed by atoms with Crippen LogP contribution in [-0.4, -0.2) is 69.2 Å². The van der Waals surface area contributed by atoms with Gasteiger partial charge in [-0.1, -0.05) is 12.1 Å². The minimum absolute atomic E-state index is 0.00777. The number of fused-ring (bicyclic) bond motifs is 1. The van der Waals surface area contributed by atoms with Gasteiger partial charge in [-0.25, -0.2) is 14.4 Å². The Hall–Kier alpha value is -2.55. The van der Waals surface area contributed by atoms with E-state index >= 15 is 0 Å². The molecule has 1 N–H and O–H groups in total. The third-order valence-corrected chi connectivity index (χ3v) is 8.36. The largest absolute Gasteiger partial charge is 0.365 e. The molecule has 3 aliphatic rings. The first-order valence-corrected chi connectivity index (χ1v) is 13.0. The van der Waals surface area contributed by atoms with Gasteiger partial charge in [0.15, 0.2) is 0 Å². The molecule has 0 aliphatic carbocycles. The third kappa shape index (κ3) is 4.55. The average Bonchev–Trinajstić information content (AvgIpc) is 3.60. The van der Waals surface area contributed by atoms with Crippen LogP contribution in [0.25, 0.3) is 11.0 Å². The van der Waals surface area contributed by atoms with Crippen LogP contribution in [0.5, 0.6) is 0 Å². The van der Waals surface area contributed by atoms with Crippen molar-refractivity contribution in [2.24, 2.45) is 0 Å². The fraction of sp³-hybridized carbons (Fsp3) is 0.556. The molecule has 186 valence electrons. The maximum atomic E-state index is 13.2. The van der Waals surface area contributed by atoms with Crippen molar-refractivity contribution in [1.29, 1.82) is 0 Å². The molecule has 1 aromatic carbocycles. The van der Waals surface area contributed by atoms with Gasteiger partial charge in [-0.3, -0.25) is 4.90 Å². The van der Waals surface area contributed by atoms with E-state index in [0.29, 0.717) is 12.1 Å². The topological polar surface area (TPSA) is 58.5 Å². The fourth-order valence-corrected chi connectivity index (χ4v) is 6.28. The molecule has 2 aromatic heterocycles. The van der Waals surface area contributed by atoms with Crippen LogP contribution in [0.3, 0.4) is 0 Å². The fourth-order valence-electron chi connectivity index (χ4n) is 6.28. The second-order valence-electron chi connectivity index (χ2n) is 10.5. The first-order chi connectivity index (χ1) is 17.1. The molecule has 2 atom stereocenters. The van der Waals surface area contributed by atoms with Gasteiger partial charge in [0.2, 0.25) is 0 Å². The van der Waals surface area contributed by atoms with Gasteiger partial charge >= 0.3 is 0 Å². The third-order valence-electron chi connectivity index (χ3n) is 8.36. The van der Waals surface area contributed by atoms with Crippen molar-refractivity contribution in [3.63, 3.8) is 0 Å². The molecule has 3 aromatic rings. The minimum Gasteiger partial charge on any atom is -0.365 e. The van der Waals surface area contributed by atoms with E-state index < -0.39 is 0 Å². The maximum absolute atomic E-state index is 13.2. The summed E-state index contributed by atoms with van der Waals surface area (Å²) >= 11 is 0. The molecular weight excluding hydrogens is 443 g/mol. The number of anilines is 1. The van der Waals surface area contributed by atoms with Crippen LogP contribution < -0.4 is 5.32 Å². The molecule has 0 radical (unpaired) electrons. The number of piperidine rings is 1. The highest BCUT2D eigenvalue weighted by Gasteiger charge is 2.44. The Morgan fingerprint density at radius 1 is 1.06 bits per heavy atom. The van der Waals surface area contributed by atoms with E-state index in [-0.39, 0.29) is 18.1 Å². The zero-order chi connectivity index (χ0) is 23.8. The summed E-state index contributed by atoms with van der Waals surface area (Å²) in [6.45, 7) is 5.23. The second-order valence-corrected chi connectivity index (χ2v) is 10.5. The Balaban J connectivity index is 1.12. The van der Waals surface area contributed by atoms with Crippen molar-refractivity contribution in [3.8, 4) is 0 Å². The number of halogens is 1. The molecular formula is C27H35FN6O. The molecule has 1 spiro atoms. The van der Waals surface area contributed by atoms with Gasteiger partial charge in [0.25, 0.3) is 0 Å². The zero-order valence-electron chi connectivity index (χ0n) is 20.5. The summed E-state index contributed by atoms with van der Waals surface area (Å²) in [5.74, 6) is 0.560. The van der Waals surface area contributed by atoms with Gasteiger partial charge < -0.3 is 19.5 Å². The summed E-state index contributed by atoms with van der Waals surface area (Å²) in [5.41, 5.74) is 2.29. The second kappa shape index (κ2) is 9.48. The SMILES string of the molecule is CN1CCC2(CCCN2CC2CCC(n3ccc4c(NCc5ccc(F)cc5)ncnc43)O2)CC1. The summed E-state index contributed by atoms with van der Waals surface area (Å²) in [7, 11) is 2.24. The number of nitrogens with one attached hydrogen (secondary N) is 1. The van der Waals surface area contributed by atoms with Crippen LogP contribution in [0, 0.1) is 5.82 Å². The number of nitrogens with zero attached hydrogens (tertiary/aromatic N) is 5. The molecule has 2 unspecified atom stereocenters. The lowest BCUT2D eigenvalue weighted by Crippen LogP contribution is -2.53. The summed E-state index contributed by atoms with van der Waals surface area (Å²) < 4.78 is 22.0. The number of aromatic nitrogens is 3. The Morgan fingerprint density at radius 2 is 1.89 bits per heavy atom. The first-order valence-electron chi connectivity index (χ1n) is 13.0. The van der Waals surface area contributed by atoms with Crippen LogP contribution in [0.2, 0.25) is 0 Å². The highest BCUT2D eigenvalue weighted by molar-refractivity contribution is 5.87. The summed E-state index contributed by atoms with van der Waals surface area (Å²) in [6.07, 6.45) is 11.3. The predicted octanol–water partition coefficient (Wildman–Crippen LogP) is 4.42. The number of ether oxygens (including phenoxy) is 1. The van der Waals surface area contributed by atoms with Gasteiger partial charge in [0.1, 0.15) is 29.8 Å². The van der Waals surface area contributed by atoms with E-state index in [1.807, 2.05) is 0 Å². The van der Waals surface area contributed by atoms with Crippen molar-refractivity contribution >= 4 is 16.9 Å². The van der Waals surface area contributed by atoms with E-state index in [9.17, 15) is 4.39 Å². The van der Waals surface area contributed by atoms with Crippen molar-refractivity contribution in [3.05, 3.63) is 54.2 Å². The zero-order valence-corrected chi connectivity index (χ0v) is 20.5. The van der Waals surface area contributed by atoms with E-state index in [0.717, 1.165) is 41.8 Å². The maximum Gasteiger partial charge on any atom is 0.147 e. The molecule has 3 aliphatic heterocycles. The average molecular weight is 479 g/mol. The normalized spacial score (nSPS) is 25.1. The van der Waals surface area contributed by atoms with Gasteiger partial charge in [0, 0.05) is 24.8 Å². The lowest BCUT2D eigenvalue weighted by atomic mass is 9.85. The monoisotopic (exact) mass is 478 g/mol. The summed E-state index contributed by atoms with van der Waals surface area (Å²) in [6, 6.07) is 8.59.